The van der Waals surface area contributed by atoms with Gasteiger partial charge in [-0.1, -0.05) is 50.4 Å². The molecule has 0 bridgehead atoms. The molecule has 0 heterocycles. The zero-order valence-corrected chi connectivity index (χ0v) is 14.3. The van der Waals surface area contributed by atoms with E-state index in [1.807, 2.05) is 45.1 Å². The van der Waals surface area contributed by atoms with Gasteiger partial charge in [0.2, 0.25) is 0 Å². The maximum atomic E-state index is 12.5. The van der Waals surface area contributed by atoms with Crippen LogP contribution in [-0.4, -0.2) is 5.11 Å². The van der Waals surface area contributed by atoms with Crippen molar-refractivity contribution in [3.05, 3.63) is 94.3 Å². The van der Waals surface area contributed by atoms with E-state index in [0.29, 0.717) is 5.57 Å². The number of aromatic hydroxyl groups is 1. The van der Waals surface area contributed by atoms with Crippen LogP contribution in [-0.2, 0) is 0 Å². The molecule has 0 saturated carbocycles. The van der Waals surface area contributed by atoms with Crippen LogP contribution in [0.5, 0.6) is 5.75 Å². The quantitative estimate of drug-likeness (QED) is 0.837. The Bertz CT molecular complexity index is 889. The van der Waals surface area contributed by atoms with E-state index >= 15 is 0 Å². The first-order valence-corrected chi connectivity index (χ1v) is 8.02. The van der Waals surface area contributed by atoms with Gasteiger partial charge in [0.1, 0.15) is 5.75 Å². The highest BCUT2D eigenvalue weighted by molar-refractivity contribution is 6.00. The number of rotatable bonds is 1. The van der Waals surface area contributed by atoms with E-state index in [9.17, 15) is 10.2 Å². The molecular weight excluding hydrogens is 296 g/mol. The molecule has 0 aromatic heterocycles. The van der Waals surface area contributed by atoms with Crippen LogP contribution >= 0.6 is 0 Å². The fourth-order valence-electron chi connectivity index (χ4n) is 3.28. The van der Waals surface area contributed by atoms with Crippen LogP contribution in [0.3, 0.4) is 0 Å². The van der Waals surface area contributed by atoms with Crippen molar-refractivity contribution < 1.29 is 10.2 Å². The zero-order valence-electron chi connectivity index (χ0n) is 14.3. The van der Waals surface area contributed by atoms with Crippen molar-refractivity contribution in [2.75, 3.05) is 0 Å². The predicted molar refractivity (Wildman–Crippen MR) is 97.1 cm³/mol. The molecule has 1 aromatic rings. The van der Waals surface area contributed by atoms with Crippen molar-refractivity contribution in [1.82, 2.24) is 0 Å². The number of phenolic OH excluding ortho intramolecular Hbond substituents is 1. The monoisotopic (exact) mass is 317 g/mol. The second-order valence-corrected chi connectivity index (χ2v) is 6.52. The molecular formula is C22H21O2-. The summed E-state index contributed by atoms with van der Waals surface area (Å²) in [7, 11) is 0. The van der Waals surface area contributed by atoms with Gasteiger partial charge < -0.3 is 10.2 Å². The molecule has 2 aliphatic carbocycles. The molecule has 122 valence electrons. The fraction of sp³-hybridized carbons (Fsp3) is 0.182. The summed E-state index contributed by atoms with van der Waals surface area (Å²) < 4.78 is 0. The molecule has 1 aromatic carbocycles. The topological polar surface area (TPSA) is 43.3 Å². The Morgan fingerprint density at radius 1 is 1.08 bits per heavy atom. The average molecular weight is 317 g/mol. The largest absolute Gasteiger partial charge is 0.872 e. The van der Waals surface area contributed by atoms with Gasteiger partial charge in [0, 0.05) is 5.56 Å². The highest BCUT2D eigenvalue weighted by atomic mass is 16.3. The summed E-state index contributed by atoms with van der Waals surface area (Å²) >= 11 is 0. The van der Waals surface area contributed by atoms with E-state index < -0.39 is 0 Å². The van der Waals surface area contributed by atoms with E-state index in [-0.39, 0.29) is 17.4 Å². The van der Waals surface area contributed by atoms with E-state index in [4.69, 9.17) is 0 Å². The highest BCUT2D eigenvalue weighted by Gasteiger charge is 2.29. The first-order chi connectivity index (χ1) is 11.3. The van der Waals surface area contributed by atoms with Crippen LogP contribution in [0, 0.1) is 12.8 Å². The van der Waals surface area contributed by atoms with E-state index in [1.54, 1.807) is 12.1 Å². The highest BCUT2D eigenvalue weighted by Crippen LogP contribution is 2.49. The molecule has 2 aliphatic rings. The van der Waals surface area contributed by atoms with Crippen LogP contribution in [0.4, 0.5) is 0 Å². The molecule has 0 aliphatic heterocycles. The van der Waals surface area contributed by atoms with E-state index in [0.717, 1.165) is 39.0 Å². The minimum absolute atomic E-state index is 0.0000723. The van der Waals surface area contributed by atoms with Crippen molar-refractivity contribution in [3.8, 4) is 5.75 Å². The maximum Gasteiger partial charge on any atom is 0.123 e. The summed E-state index contributed by atoms with van der Waals surface area (Å²) in [6.07, 6.45) is 5.43. The Balaban J connectivity index is 2.14. The third kappa shape index (κ3) is 2.44. The fourth-order valence-corrected chi connectivity index (χ4v) is 3.28. The minimum Gasteiger partial charge on any atom is -0.872 e. The van der Waals surface area contributed by atoms with Gasteiger partial charge in [-0.2, -0.15) is 0 Å². The van der Waals surface area contributed by atoms with E-state index in [1.165, 1.54) is 0 Å². The second-order valence-electron chi connectivity index (χ2n) is 6.52. The zero-order chi connectivity index (χ0) is 17.6. The molecule has 2 nitrogen and oxygen atoms in total. The van der Waals surface area contributed by atoms with Crippen LogP contribution in [0.1, 0.15) is 25.0 Å². The predicted octanol–water partition coefficient (Wildman–Crippen LogP) is 4.35. The molecule has 0 unspecified atom stereocenters. The van der Waals surface area contributed by atoms with Crippen molar-refractivity contribution in [1.29, 1.82) is 0 Å². The Kier molecular flexibility index (Phi) is 3.84. The Hall–Kier alpha value is -2.74. The van der Waals surface area contributed by atoms with Crippen LogP contribution < -0.4 is 5.11 Å². The summed E-state index contributed by atoms with van der Waals surface area (Å²) in [6.45, 7) is 14.0. The number of benzene rings is 1. The Labute approximate surface area is 143 Å². The third-order valence-corrected chi connectivity index (χ3v) is 4.76. The van der Waals surface area contributed by atoms with Crippen molar-refractivity contribution in [3.63, 3.8) is 0 Å². The van der Waals surface area contributed by atoms with Gasteiger partial charge in [0.05, 0.1) is 0 Å². The van der Waals surface area contributed by atoms with Crippen molar-refractivity contribution in [2.45, 2.75) is 20.8 Å². The first-order valence-electron chi connectivity index (χ1n) is 8.02. The lowest BCUT2D eigenvalue weighted by molar-refractivity contribution is -0.297. The molecule has 0 amide bonds. The average Bonchev–Trinajstić information content (AvgIpc) is 2.63. The Morgan fingerprint density at radius 2 is 1.79 bits per heavy atom. The minimum atomic E-state index is 0.0000723. The normalized spacial score (nSPS) is 24.0. The van der Waals surface area contributed by atoms with Gasteiger partial charge in [0.15, 0.2) is 0 Å². The van der Waals surface area contributed by atoms with Gasteiger partial charge in [-0.05, 0) is 64.8 Å². The number of phenols is 1. The first kappa shape index (κ1) is 16.1. The molecule has 0 spiro atoms. The van der Waals surface area contributed by atoms with Crippen molar-refractivity contribution >= 4 is 5.57 Å². The molecule has 0 saturated heterocycles. The molecule has 0 radical (unpaired) electrons. The molecule has 24 heavy (non-hydrogen) atoms. The number of hydrogen-bond donors (Lipinski definition) is 1. The lowest BCUT2D eigenvalue weighted by atomic mass is 9.73. The van der Waals surface area contributed by atoms with Crippen LogP contribution in [0.25, 0.3) is 5.57 Å². The smallest absolute Gasteiger partial charge is 0.123 e. The molecule has 1 N–H and O–H groups in total. The third-order valence-electron chi connectivity index (χ3n) is 4.76. The summed E-state index contributed by atoms with van der Waals surface area (Å²) in [5.74, 6) is 0.274. The molecule has 2 heteroatoms. The second kappa shape index (κ2) is 5.72. The van der Waals surface area contributed by atoms with Gasteiger partial charge in [-0.3, -0.25) is 0 Å². The number of aryl methyl sites for hydroxylation is 1. The van der Waals surface area contributed by atoms with E-state index in [2.05, 4.69) is 13.2 Å². The summed E-state index contributed by atoms with van der Waals surface area (Å²) in [4.78, 5) is 0. The number of allylic oxidation sites excluding steroid dienone is 8. The molecule has 3 rings (SSSR count). The van der Waals surface area contributed by atoms with Crippen LogP contribution in [0.2, 0.25) is 0 Å². The lowest BCUT2D eigenvalue weighted by Crippen LogP contribution is -2.16. The maximum absolute atomic E-state index is 12.5. The molecule has 0 fully saturated rings. The number of hydrogen-bond acceptors (Lipinski definition) is 2. The van der Waals surface area contributed by atoms with Crippen molar-refractivity contribution in [2.24, 2.45) is 5.92 Å². The van der Waals surface area contributed by atoms with Gasteiger partial charge in [0.25, 0.3) is 0 Å². The van der Waals surface area contributed by atoms with Gasteiger partial charge in [-0.15, -0.1) is 5.76 Å². The SMILES string of the molecule is C=C1C(=C2C=CC(=C)[C@H](C)C=C2[O-])C(C)=C1c1ccc(C)cc1O. The summed E-state index contributed by atoms with van der Waals surface area (Å²) in [6, 6.07) is 5.60. The summed E-state index contributed by atoms with van der Waals surface area (Å²) in [5.41, 5.74) is 6.92. The van der Waals surface area contributed by atoms with Gasteiger partial charge >= 0.3 is 0 Å². The van der Waals surface area contributed by atoms with Crippen LogP contribution in [0.15, 0.2) is 83.2 Å². The summed E-state index contributed by atoms with van der Waals surface area (Å²) in [5, 5.41) is 22.8. The lowest BCUT2D eigenvalue weighted by Gasteiger charge is -2.32. The van der Waals surface area contributed by atoms with Gasteiger partial charge in [-0.25, -0.2) is 0 Å². The Morgan fingerprint density at radius 3 is 2.42 bits per heavy atom. The molecule has 1 atom stereocenters. The standard InChI is InChI=1S/C22H22O2/c1-12-6-8-17(19(23)10-12)21-15(4)22(16(21)5)18-9-7-13(2)14(3)11-20(18)24/h6-11,14,23-24H,2,4H2,1,3,5H3/p-1/t14-/m1/s1.